The number of likely N-dealkylation sites (N-methyl/N-ethyl adjacent to an activating group) is 1. The highest BCUT2D eigenvalue weighted by Crippen LogP contribution is 2.38. The third-order valence-corrected chi connectivity index (χ3v) is 3.71. The smallest absolute Gasteiger partial charge is 0.378 e. The van der Waals surface area contributed by atoms with Crippen molar-refractivity contribution in [2.24, 2.45) is 5.73 Å². The van der Waals surface area contributed by atoms with Gasteiger partial charge in [-0.3, -0.25) is 4.55 Å². The quantitative estimate of drug-likeness (QED) is 0.442. The second kappa shape index (κ2) is 4.72. The second-order valence-corrected chi connectivity index (χ2v) is 5.62. The molecule has 5 N–H and O–H groups in total. The van der Waals surface area contributed by atoms with Crippen molar-refractivity contribution in [2.45, 2.75) is 6.42 Å². The molecule has 0 aliphatic carbocycles. The van der Waals surface area contributed by atoms with Crippen molar-refractivity contribution in [3.05, 3.63) is 17.7 Å². The van der Waals surface area contributed by atoms with E-state index in [4.69, 9.17) is 10.3 Å². The summed E-state index contributed by atoms with van der Waals surface area (Å²) in [4.78, 5) is 12.7. The molecule has 0 saturated carbocycles. The van der Waals surface area contributed by atoms with Gasteiger partial charge in [0.2, 0.25) is 0 Å². The predicted molar refractivity (Wildman–Crippen MR) is 71.8 cm³/mol. The number of phenolic OH excluding ortho intramolecular Hbond substituents is 1. The molecule has 0 spiro atoms. The van der Waals surface area contributed by atoms with Crippen molar-refractivity contribution in [3.8, 4) is 5.75 Å². The molecule has 0 radical (unpaired) electrons. The fourth-order valence-electron chi connectivity index (χ4n) is 2.08. The highest BCUT2D eigenvalue weighted by molar-refractivity contribution is 7.87. The molecule has 2 amide bonds. The average molecular weight is 302 g/mol. The van der Waals surface area contributed by atoms with Gasteiger partial charge in [-0.15, -0.1) is 0 Å². The number of rotatable bonds is 3. The molecule has 1 heterocycles. The Labute approximate surface area is 115 Å². The van der Waals surface area contributed by atoms with Crippen molar-refractivity contribution < 1.29 is 22.9 Å². The normalized spacial score (nSPS) is 14.0. The number of urea groups is 1. The molecular formula is C10H14N4O5S. The lowest BCUT2D eigenvalue weighted by Crippen LogP contribution is -2.48. The van der Waals surface area contributed by atoms with Crippen LogP contribution in [0.15, 0.2) is 12.1 Å². The number of nitrogens with one attached hydrogen (secondary N) is 1. The van der Waals surface area contributed by atoms with Crippen LogP contribution in [-0.4, -0.2) is 37.7 Å². The molecule has 10 heteroatoms. The molecule has 0 saturated heterocycles. The number of hydrogen-bond acceptors (Lipinski definition) is 5. The van der Waals surface area contributed by atoms with Gasteiger partial charge in [0.05, 0.1) is 0 Å². The summed E-state index contributed by atoms with van der Waals surface area (Å²) in [7, 11) is -2.99. The third kappa shape index (κ3) is 2.56. The summed E-state index contributed by atoms with van der Waals surface area (Å²) < 4.78 is 31.8. The van der Waals surface area contributed by atoms with E-state index in [2.05, 4.69) is 0 Å². The SMILES string of the molecule is CN1CCc2cc(N(NC(N)=O)S(=O)(=O)O)c(O)cc21. The van der Waals surface area contributed by atoms with Crippen LogP contribution in [0.25, 0.3) is 0 Å². The van der Waals surface area contributed by atoms with Gasteiger partial charge in [-0.2, -0.15) is 12.8 Å². The van der Waals surface area contributed by atoms with Gasteiger partial charge in [-0.1, -0.05) is 0 Å². The largest absolute Gasteiger partial charge is 0.506 e. The van der Waals surface area contributed by atoms with Crippen molar-refractivity contribution >= 4 is 27.7 Å². The van der Waals surface area contributed by atoms with Crippen molar-refractivity contribution in [3.63, 3.8) is 0 Å². The zero-order valence-electron chi connectivity index (χ0n) is 10.6. The maximum Gasteiger partial charge on any atom is 0.378 e. The minimum Gasteiger partial charge on any atom is -0.506 e. The first kappa shape index (κ1) is 14.2. The summed E-state index contributed by atoms with van der Waals surface area (Å²) in [6.45, 7) is 0.716. The number of amides is 2. The number of nitrogens with zero attached hydrogens (tertiary/aromatic N) is 2. The number of anilines is 2. The van der Waals surface area contributed by atoms with E-state index < -0.39 is 22.1 Å². The van der Waals surface area contributed by atoms with Crippen molar-refractivity contribution in [1.29, 1.82) is 0 Å². The highest BCUT2D eigenvalue weighted by Gasteiger charge is 2.27. The van der Waals surface area contributed by atoms with E-state index in [-0.39, 0.29) is 10.1 Å². The molecule has 110 valence electrons. The standard InChI is InChI=1S/C10H14N4O5S/c1-13-3-2-6-4-8(9(15)5-7(6)13)14(12-10(11)16)20(17,18)19/h4-5,15H,2-3H2,1H3,(H3,11,12,16)(H,17,18,19). The number of hydrogen-bond donors (Lipinski definition) is 4. The fourth-order valence-corrected chi connectivity index (χ4v) is 2.68. The molecule has 1 aliphatic rings. The Morgan fingerprint density at radius 3 is 2.70 bits per heavy atom. The fraction of sp³-hybridized carbons (Fsp3) is 0.300. The number of carbonyl (C=O) groups is 1. The van der Waals surface area contributed by atoms with Gasteiger partial charge in [0.1, 0.15) is 11.4 Å². The maximum absolute atomic E-state index is 11.3. The predicted octanol–water partition coefficient (Wildman–Crippen LogP) is -0.423. The molecule has 0 atom stereocenters. The van der Waals surface area contributed by atoms with Crippen molar-refractivity contribution in [2.75, 3.05) is 22.9 Å². The van der Waals surface area contributed by atoms with E-state index in [1.54, 1.807) is 5.43 Å². The Hall–Kier alpha value is -2.20. The maximum atomic E-state index is 11.3. The molecule has 0 unspecified atom stereocenters. The first-order valence-electron chi connectivity index (χ1n) is 5.61. The summed E-state index contributed by atoms with van der Waals surface area (Å²) in [6.07, 6.45) is 0.648. The Kier molecular flexibility index (Phi) is 3.36. The summed E-state index contributed by atoms with van der Waals surface area (Å²) in [5.74, 6) is -0.413. The van der Waals surface area contributed by atoms with E-state index in [1.165, 1.54) is 12.1 Å². The molecule has 1 aliphatic heterocycles. The van der Waals surface area contributed by atoms with Crippen LogP contribution >= 0.6 is 0 Å². The van der Waals surface area contributed by atoms with Gasteiger partial charge in [-0.05, 0) is 18.1 Å². The van der Waals surface area contributed by atoms with Gasteiger partial charge in [0, 0.05) is 25.3 Å². The molecule has 1 aromatic carbocycles. The topological polar surface area (TPSA) is 136 Å². The van der Waals surface area contributed by atoms with Gasteiger partial charge < -0.3 is 15.7 Å². The van der Waals surface area contributed by atoms with Gasteiger partial charge >= 0.3 is 16.3 Å². The van der Waals surface area contributed by atoms with E-state index in [9.17, 15) is 18.3 Å². The molecule has 0 aromatic heterocycles. The van der Waals surface area contributed by atoms with Crippen LogP contribution in [0.5, 0.6) is 5.75 Å². The van der Waals surface area contributed by atoms with Crippen molar-refractivity contribution in [1.82, 2.24) is 5.43 Å². The van der Waals surface area contributed by atoms with Gasteiger partial charge in [-0.25, -0.2) is 10.2 Å². The molecule has 1 aromatic rings. The summed E-state index contributed by atoms with van der Waals surface area (Å²) >= 11 is 0. The minimum absolute atomic E-state index is 0.128. The lowest BCUT2D eigenvalue weighted by Gasteiger charge is -2.22. The number of hydrazine groups is 1. The Bertz CT molecular complexity index is 660. The number of fused-ring (bicyclic) bond motifs is 1. The number of benzene rings is 1. The summed E-state index contributed by atoms with van der Waals surface area (Å²) in [5, 5.41) is 9.90. The van der Waals surface area contributed by atoms with Crippen LogP contribution < -0.4 is 20.5 Å². The van der Waals surface area contributed by atoms with Crippen LogP contribution in [-0.2, 0) is 16.7 Å². The van der Waals surface area contributed by atoms with Gasteiger partial charge in [0.25, 0.3) is 0 Å². The monoisotopic (exact) mass is 302 g/mol. The minimum atomic E-state index is -4.82. The molecule has 0 bridgehead atoms. The number of carbonyl (C=O) groups excluding carboxylic acids is 1. The van der Waals surface area contributed by atoms with E-state index in [0.717, 1.165) is 11.3 Å². The van der Waals surface area contributed by atoms with Crippen LogP contribution in [0.1, 0.15) is 5.56 Å². The molecule has 9 nitrogen and oxygen atoms in total. The number of nitrogens with two attached hydrogens (primary N) is 1. The zero-order chi connectivity index (χ0) is 15.1. The number of primary amides is 1. The Morgan fingerprint density at radius 1 is 1.50 bits per heavy atom. The lowest BCUT2D eigenvalue weighted by molar-refractivity contribution is 0.249. The Balaban J connectivity index is 2.52. The van der Waals surface area contributed by atoms with Crippen LogP contribution in [0.4, 0.5) is 16.2 Å². The Morgan fingerprint density at radius 2 is 2.15 bits per heavy atom. The van der Waals surface area contributed by atoms with Gasteiger partial charge in [0.15, 0.2) is 0 Å². The zero-order valence-corrected chi connectivity index (χ0v) is 11.4. The molecule has 0 fully saturated rings. The summed E-state index contributed by atoms with van der Waals surface area (Å²) in [6, 6.07) is 1.54. The number of aromatic hydroxyl groups is 1. The average Bonchev–Trinajstić information content (AvgIpc) is 2.65. The third-order valence-electron chi connectivity index (χ3n) is 2.96. The number of phenols is 1. The molecule has 20 heavy (non-hydrogen) atoms. The molecule has 2 rings (SSSR count). The second-order valence-electron chi connectivity index (χ2n) is 4.36. The van der Waals surface area contributed by atoms with E-state index in [1.807, 2.05) is 11.9 Å². The van der Waals surface area contributed by atoms with E-state index in [0.29, 0.717) is 13.0 Å². The highest BCUT2D eigenvalue weighted by atomic mass is 32.2. The van der Waals surface area contributed by atoms with E-state index >= 15 is 0 Å². The van der Waals surface area contributed by atoms with Crippen LogP contribution in [0.2, 0.25) is 0 Å². The first-order valence-corrected chi connectivity index (χ1v) is 7.00. The summed E-state index contributed by atoms with van der Waals surface area (Å²) in [5.41, 5.74) is 7.85. The van der Waals surface area contributed by atoms with Crippen LogP contribution in [0, 0.1) is 0 Å². The lowest BCUT2D eigenvalue weighted by atomic mass is 10.1. The molecular weight excluding hydrogens is 288 g/mol. The first-order chi connectivity index (χ1) is 9.20. The van der Waals surface area contributed by atoms with Crippen LogP contribution in [0.3, 0.4) is 0 Å².